The van der Waals surface area contributed by atoms with Crippen LogP contribution < -0.4 is 0 Å². The Hall–Kier alpha value is -5.92. The maximum Gasteiger partial charge on any atom is 0.294 e. The molecule has 17 nitrogen and oxygen atoms in total. The average molecular weight is 976 g/mol. The zero-order valence-electron chi connectivity index (χ0n) is 33.9. The van der Waals surface area contributed by atoms with Crippen LogP contribution in [0.25, 0.3) is 90.9 Å². The molecule has 331 valence electrons. The summed E-state index contributed by atoms with van der Waals surface area (Å²) in [6, 6.07) is 29.0. The Morgan fingerprint density at radius 1 is 0.318 bits per heavy atom. The third-order valence-corrected chi connectivity index (χ3v) is 14.0. The number of nitrogens with zero attached hydrogens (tertiary/aromatic N) is 2. The van der Waals surface area contributed by atoms with E-state index in [4.69, 9.17) is 9.97 Å². The first-order valence-electron chi connectivity index (χ1n) is 18.7. The number of hydrogen-bond donors (Lipinski definition) is 6. The van der Waals surface area contributed by atoms with E-state index in [1.807, 2.05) is 0 Å². The van der Waals surface area contributed by atoms with Crippen molar-refractivity contribution in [1.29, 1.82) is 0 Å². The van der Waals surface area contributed by atoms with E-state index in [1.165, 1.54) is 97.1 Å². The van der Waals surface area contributed by atoms with Gasteiger partial charge in [0.15, 0.2) is 0 Å². The monoisotopic (exact) mass is 975 g/mol. The fourth-order valence-corrected chi connectivity index (χ4v) is 9.51. The molecular formula is C44H32N4NaO13S4. The van der Waals surface area contributed by atoms with Crippen molar-refractivity contribution in [2.75, 3.05) is 0 Å². The summed E-state index contributed by atoms with van der Waals surface area (Å²) in [5, 5.41) is 0. The molecule has 8 N–H and O–H groups in total. The number of fused-ring (bicyclic) bond motifs is 8. The van der Waals surface area contributed by atoms with Gasteiger partial charge in [0, 0.05) is 73.9 Å². The molecule has 0 saturated heterocycles. The van der Waals surface area contributed by atoms with Gasteiger partial charge in [-0.25, -0.2) is 9.97 Å². The number of benzene rings is 4. The molecule has 22 heteroatoms. The van der Waals surface area contributed by atoms with E-state index in [-0.39, 0.29) is 54.6 Å². The molecule has 0 fully saturated rings. The maximum atomic E-state index is 12.0. The first-order chi connectivity index (χ1) is 30.2. The molecule has 0 aliphatic carbocycles. The predicted octanol–water partition coefficient (Wildman–Crippen LogP) is 7.10. The fraction of sp³-hybridized carbons (Fsp3) is 0. The molecule has 8 bridgehead atoms. The van der Waals surface area contributed by atoms with Crippen LogP contribution in [0.2, 0.25) is 0 Å². The molecule has 7 aromatic rings. The van der Waals surface area contributed by atoms with Crippen molar-refractivity contribution in [3.8, 4) is 44.5 Å². The van der Waals surface area contributed by atoms with Gasteiger partial charge in [-0.3, -0.25) is 18.2 Å². The van der Waals surface area contributed by atoms with Gasteiger partial charge in [-0.1, -0.05) is 48.5 Å². The van der Waals surface area contributed by atoms with E-state index >= 15 is 0 Å². The Morgan fingerprint density at radius 2 is 0.500 bits per heavy atom. The molecular weight excluding hydrogens is 944 g/mol. The van der Waals surface area contributed by atoms with Crippen LogP contribution in [0.4, 0.5) is 0 Å². The summed E-state index contributed by atoms with van der Waals surface area (Å²) in [6.45, 7) is 0. The first-order valence-corrected chi connectivity index (χ1v) is 24.5. The van der Waals surface area contributed by atoms with Gasteiger partial charge >= 0.3 is 0 Å². The van der Waals surface area contributed by atoms with E-state index in [9.17, 15) is 51.9 Å². The minimum Gasteiger partial charge on any atom is -0.412 e. The van der Waals surface area contributed by atoms with Crippen LogP contribution >= 0.6 is 0 Å². The second-order valence-electron chi connectivity index (χ2n) is 14.5. The number of hydrogen-bond acceptors (Lipinski definition) is 10. The van der Waals surface area contributed by atoms with E-state index in [1.54, 1.807) is 48.6 Å². The molecule has 0 atom stereocenters. The smallest absolute Gasteiger partial charge is 0.294 e. The number of aromatic amines is 2. The topological polar surface area (TPSA) is 306 Å². The summed E-state index contributed by atoms with van der Waals surface area (Å²) in [4.78, 5) is 15.6. The zero-order chi connectivity index (χ0) is 45.3. The third kappa shape index (κ3) is 9.37. The van der Waals surface area contributed by atoms with Crippen molar-refractivity contribution in [3.63, 3.8) is 0 Å². The summed E-state index contributed by atoms with van der Waals surface area (Å²) in [6.07, 6.45) is 6.92. The van der Waals surface area contributed by atoms with Gasteiger partial charge in [0.05, 0.1) is 42.4 Å². The van der Waals surface area contributed by atoms with Crippen molar-refractivity contribution in [2.45, 2.75) is 19.6 Å². The SMILES string of the molecule is O.O=S(=O)(O)c1ccc(-c2c3nc(c(-c4ccc(S(=O)(=O)O)cc4)c4ccc([nH]4)c(-c4ccc(S(=O)(=O)O)cc4)c4nc(c(-c5ccc(S(=O)(=O)O)cc5)c5ccc2[nH]5)C=C4)C=C3)cc1.[Na]. The Balaban J connectivity index is 0.00000324. The van der Waals surface area contributed by atoms with Gasteiger partial charge in [-0.2, -0.15) is 33.7 Å². The number of H-pyrrole nitrogens is 2. The number of aromatic nitrogens is 4. The first kappa shape index (κ1) is 48.0. The molecule has 3 aromatic heterocycles. The van der Waals surface area contributed by atoms with Crippen molar-refractivity contribution in [3.05, 3.63) is 144 Å². The molecule has 2 aliphatic heterocycles. The summed E-state index contributed by atoms with van der Waals surface area (Å²) >= 11 is 0. The number of rotatable bonds is 8. The molecule has 5 heterocycles. The van der Waals surface area contributed by atoms with Gasteiger partial charge < -0.3 is 15.4 Å². The van der Waals surface area contributed by atoms with Crippen LogP contribution in [-0.2, 0) is 40.5 Å². The molecule has 9 rings (SSSR count). The molecule has 2 aliphatic rings. The minimum absolute atomic E-state index is 0. The van der Waals surface area contributed by atoms with Crippen molar-refractivity contribution < 1.29 is 57.4 Å². The molecule has 0 saturated carbocycles. The molecule has 0 unspecified atom stereocenters. The van der Waals surface area contributed by atoms with Gasteiger partial charge in [-0.05, 0) is 119 Å². The van der Waals surface area contributed by atoms with Gasteiger partial charge in [0.1, 0.15) is 0 Å². The Labute approximate surface area is 398 Å². The quantitative estimate of drug-likeness (QED) is 0.0653. The normalized spacial score (nSPS) is 12.7. The maximum absolute atomic E-state index is 12.0. The van der Waals surface area contributed by atoms with Crippen LogP contribution in [0.3, 0.4) is 0 Å². The van der Waals surface area contributed by atoms with E-state index in [0.29, 0.717) is 89.4 Å². The Kier molecular flexibility index (Phi) is 12.9. The predicted molar refractivity (Wildman–Crippen MR) is 249 cm³/mol. The molecule has 66 heavy (non-hydrogen) atoms. The standard InChI is InChI=1S/C44H30N4O12S4.Na.H2O/c49-61(50,51)29-9-1-25(2-10-29)41-33-17-19-35(45-33)42(26-3-11-30(12-4-26)62(52,53)54)37-21-23-39(47-37)44(28-7-15-32(16-8-28)64(58,59)60)40-24-22-38(48-40)43(36-20-18-34(41)46-36)27-5-13-31(14-6-27)63(55,56)57;;/h1-24,45,48H,(H,49,50,51)(H,52,53,54)(H,55,56,57)(H,58,59,60);;1H2. The summed E-state index contributed by atoms with van der Waals surface area (Å²) in [5.41, 5.74) is 7.41. The van der Waals surface area contributed by atoms with Crippen LogP contribution in [-0.4, -0.2) is 107 Å². The summed E-state index contributed by atoms with van der Waals surface area (Å²) in [5.74, 6) is 0. The molecule has 4 aromatic carbocycles. The third-order valence-electron chi connectivity index (χ3n) is 10.5. The average Bonchev–Trinajstić information content (AvgIpc) is 4.08. The van der Waals surface area contributed by atoms with Crippen molar-refractivity contribution >= 4 is 116 Å². The molecule has 0 spiro atoms. The second kappa shape index (κ2) is 17.7. The molecule has 1 radical (unpaired) electrons. The fourth-order valence-electron chi connectivity index (χ4n) is 7.59. The van der Waals surface area contributed by atoms with Gasteiger partial charge in [-0.15, -0.1) is 0 Å². The van der Waals surface area contributed by atoms with Crippen LogP contribution in [0, 0.1) is 0 Å². The molecule has 0 amide bonds. The van der Waals surface area contributed by atoms with Gasteiger partial charge in [0.25, 0.3) is 40.5 Å². The van der Waals surface area contributed by atoms with Gasteiger partial charge in [0.2, 0.25) is 0 Å². The largest absolute Gasteiger partial charge is 0.412 e. The van der Waals surface area contributed by atoms with Crippen LogP contribution in [0.15, 0.2) is 141 Å². The summed E-state index contributed by atoms with van der Waals surface area (Å²) in [7, 11) is -18.2. The second-order valence-corrected chi connectivity index (χ2v) is 20.2. The Bertz CT molecular complexity index is 3310. The van der Waals surface area contributed by atoms with Crippen LogP contribution in [0.5, 0.6) is 0 Å². The van der Waals surface area contributed by atoms with Crippen molar-refractivity contribution in [1.82, 2.24) is 19.9 Å². The van der Waals surface area contributed by atoms with E-state index in [0.717, 1.165) is 0 Å². The van der Waals surface area contributed by atoms with Crippen molar-refractivity contribution in [2.24, 2.45) is 0 Å². The zero-order valence-corrected chi connectivity index (χ0v) is 39.2. The van der Waals surface area contributed by atoms with Crippen LogP contribution in [0.1, 0.15) is 22.8 Å². The minimum atomic E-state index is -4.55. The van der Waals surface area contributed by atoms with E-state index in [2.05, 4.69) is 9.97 Å². The summed E-state index contributed by atoms with van der Waals surface area (Å²) < 4.78 is 135. The van der Waals surface area contributed by atoms with E-state index < -0.39 is 40.5 Å². The number of nitrogens with one attached hydrogen (secondary N) is 2. The Morgan fingerprint density at radius 3 is 0.667 bits per heavy atom.